The summed E-state index contributed by atoms with van der Waals surface area (Å²) in [6.07, 6.45) is 0. The molecule has 2 aromatic carbocycles. The van der Waals surface area contributed by atoms with Crippen LogP contribution in [0, 0.1) is 0 Å². The molecule has 4 nitrogen and oxygen atoms in total. The van der Waals surface area contributed by atoms with Gasteiger partial charge in [0.05, 0.1) is 24.5 Å². The average Bonchev–Trinajstić information content (AvgIpc) is 2.59. The summed E-state index contributed by atoms with van der Waals surface area (Å²) >= 11 is 0. The predicted octanol–water partition coefficient (Wildman–Crippen LogP) is 3.64. The van der Waals surface area contributed by atoms with Gasteiger partial charge < -0.3 is 4.55 Å². The molecule has 0 radical (unpaired) electrons. The van der Waals surface area contributed by atoms with Crippen LogP contribution in [-0.2, 0) is 10.1 Å². The molecular formula is C18H25NO3S. The van der Waals surface area contributed by atoms with Crippen molar-refractivity contribution in [2.24, 2.45) is 0 Å². The summed E-state index contributed by atoms with van der Waals surface area (Å²) in [5.74, 6) is 0. The fourth-order valence-corrected chi connectivity index (χ4v) is 3.04. The number of nitrogens with zero attached hydrogens (tertiary/aromatic N) is 1. The van der Waals surface area contributed by atoms with E-state index in [1.165, 1.54) is 49.6 Å². The SMILES string of the molecule is CC[N+](CC)(CC)c1ccccc1.O=S(=O)([O-])c1ccccc1. The minimum atomic E-state index is -4.25. The van der Waals surface area contributed by atoms with Crippen LogP contribution in [0.15, 0.2) is 65.6 Å². The molecule has 0 fully saturated rings. The van der Waals surface area contributed by atoms with E-state index < -0.39 is 10.1 Å². The van der Waals surface area contributed by atoms with Crippen LogP contribution < -0.4 is 4.48 Å². The Morgan fingerprint density at radius 2 is 1.17 bits per heavy atom. The van der Waals surface area contributed by atoms with Gasteiger partial charge in [-0.2, -0.15) is 0 Å². The fraction of sp³-hybridized carbons (Fsp3) is 0.333. The van der Waals surface area contributed by atoms with Crippen LogP contribution in [0.1, 0.15) is 20.8 Å². The van der Waals surface area contributed by atoms with Gasteiger partial charge in [0.1, 0.15) is 15.8 Å². The zero-order chi connectivity index (χ0) is 17.3. The van der Waals surface area contributed by atoms with E-state index in [9.17, 15) is 13.0 Å². The largest absolute Gasteiger partial charge is 0.744 e. The molecule has 0 bridgehead atoms. The number of para-hydroxylation sites is 1. The van der Waals surface area contributed by atoms with Crippen molar-refractivity contribution >= 4 is 15.8 Å². The van der Waals surface area contributed by atoms with Crippen molar-refractivity contribution in [1.82, 2.24) is 4.48 Å². The molecular weight excluding hydrogens is 310 g/mol. The Morgan fingerprint density at radius 3 is 1.48 bits per heavy atom. The van der Waals surface area contributed by atoms with Crippen LogP contribution >= 0.6 is 0 Å². The van der Waals surface area contributed by atoms with E-state index in [4.69, 9.17) is 0 Å². The van der Waals surface area contributed by atoms with Crippen LogP contribution in [0.2, 0.25) is 0 Å². The Hall–Kier alpha value is -1.69. The first-order valence-electron chi connectivity index (χ1n) is 7.82. The summed E-state index contributed by atoms with van der Waals surface area (Å²) in [6, 6.07) is 18.0. The quantitative estimate of drug-likeness (QED) is 0.619. The summed E-state index contributed by atoms with van der Waals surface area (Å²) in [6.45, 7) is 10.3. The van der Waals surface area contributed by atoms with Gasteiger partial charge in [0.15, 0.2) is 0 Å². The van der Waals surface area contributed by atoms with E-state index in [0.29, 0.717) is 0 Å². The highest BCUT2D eigenvalue weighted by atomic mass is 32.2. The van der Waals surface area contributed by atoms with Gasteiger partial charge in [-0.3, -0.25) is 4.48 Å². The van der Waals surface area contributed by atoms with Gasteiger partial charge in [-0.15, -0.1) is 0 Å². The van der Waals surface area contributed by atoms with Crippen LogP contribution in [0.4, 0.5) is 5.69 Å². The molecule has 0 saturated carbocycles. The Balaban J connectivity index is 0.000000238. The Kier molecular flexibility index (Phi) is 7.42. The van der Waals surface area contributed by atoms with Crippen LogP contribution in [0.25, 0.3) is 0 Å². The molecule has 0 spiro atoms. The summed E-state index contributed by atoms with van der Waals surface area (Å²) < 4.78 is 31.9. The van der Waals surface area contributed by atoms with Gasteiger partial charge >= 0.3 is 0 Å². The third kappa shape index (κ3) is 5.46. The zero-order valence-corrected chi connectivity index (χ0v) is 14.8. The van der Waals surface area contributed by atoms with E-state index in [2.05, 4.69) is 51.1 Å². The standard InChI is InChI=1S/C12H20N.C6H6O3S/c1-4-13(5-2,6-3)12-10-8-7-9-11-12;7-10(8,9)6-4-2-1-3-5-6/h7-11H,4-6H2,1-3H3;1-5H,(H,7,8,9)/q+1;/p-1. The zero-order valence-electron chi connectivity index (χ0n) is 14.0. The molecule has 2 rings (SSSR count). The Morgan fingerprint density at radius 1 is 0.783 bits per heavy atom. The predicted molar refractivity (Wildman–Crippen MR) is 94.3 cm³/mol. The second kappa shape index (κ2) is 8.82. The molecule has 0 heterocycles. The molecule has 126 valence electrons. The van der Waals surface area contributed by atoms with Crippen molar-refractivity contribution in [1.29, 1.82) is 0 Å². The van der Waals surface area contributed by atoms with E-state index >= 15 is 0 Å². The normalized spacial score (nSPS) is 11.5. The first-order valence-corrected chi connectivity index (χ1v) is 9.23. The summed E-state index contributed by atoms with van der Waals surface area (Å²) in [5.41, 5.74) is 1.44. The van der Waals surface area contributed by atoms with Crippen molar-refractivity contribution in [2.75, 3.05) is 19.6 Å². The highest BCUT2D eigenvalue weighted by Crippen LogP contribution is 2.21. The molecule has 0 aliphatic heterocycles. The number of hydrogen-bond acceptors (Lipinski definition) is 3. The van der Waals surface area contributed by atoms with Crippen molar-refractivity contribution in [3.8, 4) is 0 Å². The van der Waals surface area contributed by atoms with Crippen molar-refractivity contribution in [3.63, 3.8) is 0 Å². The fourth-order valence-electron chi connectivity index (χ4n) is 2.55. The number of benzene rings is 2. The highest BCUT2D eigenvalue weighted by Gasteiger charge is 2.23. The van der Waals surface area contributed by atoms with Crippen LogP contribution in [0.3, 0.4) is 0 Å². The number of quaternary nitrogens is 1. The lowest BCUT2D eigenvalue weighted by Gasteiger charge is -2.35. The van der Waals surface area contributed by atoms with Gasteiger partial charge in [-0.05, 0) is 45.0 Å². The highest BCUT2D eigenvalue weighted by molar-refractivity contribution is 7.85. The van der Waals surface area contributed by atoms with Crippen molar-refractivity contribution in [3.05, 3.63) is 60.7 Å². The van der Waals surface area contributed by atoms with Crippen LogP contribution in [-0.4, -0.2) is 32.6 Å². The van der Waals surface area contributed by atoms with Gasteiger partial charge in [-0.1, -0.05) is 36.4 Å². The van der Waals surface area contributed by atoms with Crippen LogP contribution in [0.5, 0.6) is 0 Å². The lowest BCUT2D eigenvalue weighted by molar-refractivity contribution is 0.316. The van der Waals surface area contributed by atoms with Gasteiger partial charge in [-0.25, -0.2) is 8.42 Å². The Bertz CT molecular complexity index is 658. The lowest BCUT2D eigenvalue weighted by atomic mass is 10.2. The maximum absolute atomic E-state index is 10.3. The maximum atomic E-state index is 10.3. The number of rotatable bonds is 5. The minimum Gasteiger partial charge on any atom is -0.744 e. The topological polar surface area (TPSA) is 57.2 Å². The van der Waals surface area contributed by atoms with E-state index in [0.717, 1.165) is 4.48 Å². The first-order chi connectivity index (χ1) is 10.9. The second-order valence-electron chi connectivity index (χ2n) is 5.20. The summed E-state index contributed by atoms with van der Waals surface area (Å²) in [7, 11) is -4.25. The second-order valence-corrected chi connectivity index (χ2v) is 6.58. The first kappa shape index (κ1) is 19.4. The molecule has 0 atom stereocenters. The van der Waals surface area contributed by atoms with Crippen molar-refractivity contribution < 1.29 is 13.0 Å². The third-order valence-electron chi connectivity index (χ3n) is 4.15. The smallest absolute Gasteiger partial charge is 0.132 e. The van der Waals surface area contributed by atoms with E-state index in [1.807, 2.05) is 0 Å². The Labute approximate surface area is 139 Å². The molecule has 0 aromatic heterocycles. The number of hydrogen-bond donors (Lipinski definition) is 0. The maximum Gasteiger partial charge on any atom is 0.132 e. The monoisotopic (exact) mass is 335 g/mol. The molecule has 0 saturated heterocycles. The average molecular weight is 335 g/mol. The molecule has 0 amide bonds. The summed E-state index contributed by atoms with van der Waals surface area (Å²) in [4.78, 5) is -0.185. The van der Waals surface area contributed by atoms with Crippen molar-refractivity contribution in [2.45, 2.75) is 25.7 Å². The molecule has 0 unspecified atom stereocenters. The molecule has 0 N–H and O–H groups in total. The summed E-state index contributed by atoms with van der Waals surface area (Å²) in [5, 5.41) is 0. The molecule has 5 heteroatoms. The molecule has 2 aromatic rings. The molecule has 23 heavy (non-hydrogen) atoms. The minimum absolute atomic E-state index is 0.185. The van der Waals surface area contributed by atoms with Gasteiger partial charge in [0.2, 0.25) is 0 Å². The van der Waals surface area contributed by atoms with E-state index in [1.54, 1.807) is 6.07 Å². The molecule has 0 aliphatic rings. The van der Waals surface area contributed by atoms with E-state index in [-0.39, 0.29) is 4.90 Å². The molecule has 0 aliphatic carbocycles. The van der Waals surface area contributed by atoms with Gasteiger partial charge in [0, 0.05) is 0 Å². The third-order valence-corrected chi connectivity index (χ3v) is 5.00. The van der Waals surface area contributed by atoms with Gasteiger partial charge in [0.25, 0.3) is 0 Å². The lowest BCUT2D eigenvalue weighted by Crippen LogP contribution is -2.48.